The molecule has 3 nitrogen and oxygen atoms in total. The van der Waals surface area contributed by atoms with Crippen molar-refractivity contribution in [3.63, 3.8) is 0 Å². The number of carbonyl (C=O) groups excluding carboxylic acids is 2. The van der Waals surface area contributed by atoms with Gasteiger partial charge in [0, 0.05) is 16.8 Å². The standard InChI is InChI=1S/C16H13NO2/c18-9-5-1-2-6-13(12-19)10-15-11-14-7-3-4-8-16(14)17-15/h1-12,17H/b5-1-,6-2+,13-10-. The molecule has 2 rings (SSSR count). The molecule has 0 spiro atoms. The molecular weight excluding hydrogens is 238 g/mol. The van der Waals surface area contributed by atoms with Gasteiger partial charge in [-0.1, -0.05) is 36.4 Å². The fourth-order valence-corrected chi connectivity index (χ4v) is 1.75. The number of allylic oxidation sites excluding steroid dienone is 5. The minimum atomic E-state index is 0.530. The molecule has 0 aliphatic carbocycles. The minimum absolute atomic E-state index is 0.530. The van der Waals surface area contributed by atoms with Crippen molar-refractivity contribution >= 4 is 29.6 Å². The Kier molecular flexibility index (Phi) is 4.24. The molecule has 0 atom stereocenters. The van der Waals surface area contributed by atoms with E-state index in [4.69, 9.17) is 0 Å². The van der Waals surface area contributed by atoms with Crippen LogP contribution in [-0.2, 0) is 9.59 Å². The molecule has 0 radical (unpaired) electrons. The van der Waals surface area contributed by atoms with Crippen molar-refractivity contribution in [2.75, 3.05) is 0 Å². The van der Waals surface area contributed by atoms with Crippen molar-refractivity contribution in [3.05, 3.63) is 65.9 Å². The topological polar surface area (TPSA) is 49.9 Å². The normalized spacial score (nSPS) is 12.5. The summed E-state index contributed by atoms with van der Waals surface area (Å²) in [6, 6.07) is 9.89. The maximum atomic E-state index is 11.0. The third-order valence-corrected chi connectivity index (χ3v) is 2.60. The zero-order chi connectivity index (χ0) is 13.5. The first-order valence-corrected chi connectivity index (χ1v) is 5.86. The summed E-state index contributed by atoms with van der Waals surface area (Å²) in [5.41, 5.74) is 2.43. The van der Waals surface area contributed by atoms with E-state index in [0.29, 0.717) is 11.9 Å². The quantitative estimate of drug-likeness (QED) is 0.504. The van der Waals surface area contributed by atoms with Crippen molar-refractivity contribution < 1.29 is 9.59 Å². The van der Waals surface area contributed by atoms with E-state index >= 15 is 0 Å². The lowest BCUT2D eigenvalue weighted by atomic mass is 10.2. The Balaban J connectivity index is 2.26. The number of benzene rings is 1. The van der Waals surface area contributed by atoms with Crippen LogP contribution in [0.3, 0.4) is 0 Å². The van der Waals surface area contributed by atoms with Crippen LogP contribution in [0.2, 0.25) is 0 Å². The van der Waals surface area contributed by atoms with Crippen LogP contribution < -0.4 is 0 Å². The summed E-state index contributed by atoms with van der Waals surface area (Å²) in [5, 5.41) is 1.10. The number of aromatic nitrogens is 1. The fraction of sp³-hybridized carbons (Fsp3) is 0. The average Bonchev–Trinajstić information content (AvgIpc) is 2.84. The van der Waals surface area contributed by atoms with Crippen LogP contribution in [0, 0.1) is 0 Å². The van der Waals surface area contributed by atoms with E-state index in [9.17, 15) is 9.59 Å². The second kappa shape index (κ2) is 6.31. The van der Waals surface area contributed by atoms with Gasteiger partial charge in [0.15, 0.2) is 0 Å². The smallest absolute Gasteiger partial charge is 0.150 e. The van der Waals surface area contributed by atoms with Gasteiger partial charge in [-0.25, -0.2) is 0 Å². The Morgan fingerprint density at radius 3 is 2.63 bits per heavy atom. The maximum absolute atomic E-state index is 11.0. The van der Waals surface area contributed by atoms with Gasteiger partial charge < -0.3 is 4.98 Å². The molecule has 0 aliphatic rings. The van der Waals surface area contributed by atoms with E-state index < -0.39 is 0 Å². The summed E-state index contributed by atoms with van der Waals surface area (Å²) in [6.45, 7) is 0. The number of fused-ring (bicyclic) bond motifs is 1. The molecular formula is C16H13NO2. The van der Waals surface area contributed by atoms with E-state index in [2.05, 4.69) is 4.98 Å². The first-order valence-electron chi connectivity index (χ1n) is 5.86. The lowest BCUT2D eigenvalue weighted by molar-refractivity contribution is -0.105. The summed E-state index contributed by atoms with van der Waals surface area (Å²) in [5.74, 6) is 0. The van der Waals surface area contributed by atoms with E-state index in [1.807, 2.05) is 30.3 Å². The molecule has 0 amide bonds. The molecule has 0 fully saturated rings. The van der Waals surface area contributed by atoms with Crippen LogP contribution in [0.25, 0.3) is 17.0 Å². The van der Waals surface area contributed by atoms with Gasteiger partial charge in [-0.3, -0.25) is 9.59 Å². The summed E-state index contributed by atoms with van der Waals surface area (Å²) in [7, 11) is 0. The van der Waals surface area contributed by atoms with Gasteiger partial charge in [-0.2, -0.15) is 0 Å². The molecule has 1 aromatic carbocycles. The van der Waals surface area contributed by atoms with Gasteiger partial charge in [-0.15, -0.1) is 0 Å². The monoisotopic (exact) mass is 251 g/mol. The molecule has 1 N–H and O–H groups in total. The zero-order valence-corrected chi connectivity index (χ0v) is 10.2. The fourth-order valence-electron chi connectivity index (χ4n) is 1.75. The predicted molar refractivity (Wildman–Crippen MR) is 76.7 cm³/mol. The second-order valence-electron chi connectivity index (χ2n) is 3.95. The van der Waals surface area contributed by atoms with Gasteiger partial charge in [0.2, 0.25) is 0 Å². The van der Waals surface area contributed by atoms with E-state index in [1.54, 1.807) is 24.3 Å². The van der Waals surface area contributed by atoms with Gasteiger partial charge in [0.1, 0.15) is 12.6 Å². The van der Waals surface area contributed by atoms with E-state index in [1.165, 1.54) is 6.08 Å². The molecule has 0 bridgehead atoms. The van der Waals surface area contributed by atoms with Gasteiger partial charge >= 0.3 is 0 Å². The van der Waals surface area contributed by atoms with Crippen molar-refractivity contribution in [1.82, 2.24) is 4.98 Å². The minimum Gasteiger partial charge on any atom is -0.355 e. The average molecular weight is 251 g/mol. The highest BCUT2D eigenvalue weighted by Gasteiger charge is 1.98. The number of aldehydes is 2. The van der Waals surface area contributed by atoms with Crippen LogP contribution in [0.4, 0.5) is 0 Å². The third kappa shape index (κ3) is 3.39. The molecule has 2 aromatic rings. The SMILES string of the molecule is O=C\C=C/C=C/C(C=O)=C/c1cc2ccccc2[nH]1. The molecule has 0 aliphatic heterocycles. The zero-order valence-electron chi connectivity index (χ0n) is 10.2. The largest absolute Gasteiger partial charge is 0.355 e. The summed E-state index contributed by atoms with van der Waals surface area (Å²) >= 11 is 0. The van der Waals surface area contributed by atoms with Crippen molar-refractivity contribution in [2.24, 2.45) is 0 Å². The number of H-pyrrole nitrogens is 1. The molecule has 94 valence electrons. The number of hydrogen-bond donors (Lipinski definition) is 1. The van der Waals surface area contributed by atoms with Gasteiger partial charge in [0.05, 0.1) is 0 Å². The molecule has 0 unspecified atom stereocenters. The van der Waals surface area contributed by atoms with E-state index in [-0.39, 0.29) is 0 Å². The van der Waals surface area contributed by atoms with Crippen LogP contribution in [0.15, 0.2) is 60.2 Å². The van der Waals surface area contributed by atoms with Crippen molar-refractivity contribution in [2.45, 2.75) is 0 Å². The number of carbonyl (C=O) groups is 2. The van der Waals surface area contributed by atoms with Gasteiger partial charge in [0.25, 0.3) is 0 Å². The highest BCUT2D eigenvalue weighted by atomic mass is 16.1. The molecule has 1 aromatic heterocycles. The molecule has 0 saturated carbocycles. The number of hydrogen-bond acceptors (Lipinski definition) is 2. The highest BCUT2D eigenvalue weighted by Crippen LogP contribution is 2.16. The summed E-state index contributed by atoms with van der Waals surface area (Å²) < 4.78 is 0. The number of nitrogens with one attached hydrogen (secondary N) is 1. The highest BCUT2D eigenvalue weighted by molar-refractivity contribution is 5.88. The van der Waals surface area contributed by atoms with Crippen LogP contribution >= 0.6 is 0 Å². The Bertz CT molecular complexity index is 642. The Morgan fingerprint density at radius 1 is 1.05 bits per heavy atom. The predicted octanol–water partition coefficient (Wildman–Crippen LogP) is 3.06. The third-order valence-electron chi connectivity index (χ3n) is 2.60. The maximum Gasteiger partial charge on any atom is 0.150 e. The van der Waals surface area contributed by atoms with Crippen LogP contribution in [0.1, 0.15) is 5.69 Å². The molecule has 3 heteroatoms. The lowest BCUT2D eigenvalue weighted by Crippen LogP contribution is -1.79. The number of rotatable bonds is 5. The first kappa shape index (κ1) is 12.8. The molecule has 0 saturated heterocycles. The Labute approximate surface area is 110 Å². The van der Waals surface area contributed by atoms with E-state index in [0.717, 1.165) is 22.9 Å². The molecule has 1 heterocycles. The number of para-hydroxylation sites is 1. The first-order chi connectivity index (χ1) is 9.33. The van der Waals surface area contributed by atoms with Crippen LogP contribution in [-0.4, -0.2) is 17.6 Å². The summed E-state index contributed by atoms with van der Waals surface area (Å²) in [4.78, 5) is 24.3. The Morgan fingerprint density at radius 2 is 1.89 bits per heavy atom. The van der Waals surface area contributed by atoms with Crippen LogP contribution in [0.5, 0.6) is 0 Å². The second-order valence-corrected chi connectivity index (χ2v) is 3.95. The molecule has 19 heavy (non-hydrogen) atoms. The lowest BCUT2D eigenvalue weighted by Gasteiger charge is -1.89. The Hall–Kier alpha value is -2.68. The van der Waals surface area contributed by atoms with Crippen molar-refractivity contribution in [3.8, 4) is 0 Å². The number of aromatic amines is 1. The summed E-state index contributed by atoms with van der Waals surface area (Å²) in [6.07, 6.45) is 9.47. The van der Waals surface area contributed by atoms with Gasteiger partial charge in [-0.05, 0) is 29.7 Å². The van der Waals surface area contributed by atoms with Crippen molar-refractivity contribution in [1.29, 1.82) is 0 Å².